The molecule has 0 radical (unpaired) electrons. The maximum Gasteiger partial charge on any atom is 0.00684 e. The molecule has 124 valence electrons. The molecular formula is C19H38N2. The van der Waals surface area contributed by atoms with Gasteiger partial charge >= 0.3 is 0 Å². The van der Waals surface area contributed by atoms with Crippen LogP contribution in [0.5, 0.6) is 0 Å². The first-order valence-corrected chi connectivity index (χ1v) is 9.52. The minimum absolute atomic E-state index is 0.554. The summed E-state index contributed by atoms with van der Waals surface area (Å²) in [5.74, 6) is 1.78. The fraction of sp³-hybridized carbons (Fsp3) is 1.00. The van der Waals surface area contributed by atoms with E-state index in [0.717, 1.165) is 17.9 Å². The van der Waals surface area contributed by atoms with Gasteiger partial charge in [0, 0.05) is 25.7 Å². The predicted octanol–water partition coefficient (Wildman–Crippen LogP) is 4.30. The standard InChI is InChI=1S/C19H38N2/c1-5-16(3)13-21(6-2)15-19(14-20-18-7-8-18)11-9-17(4)10-12-19/h16-18,20H,5-15H2,1-4H3. The van der Waals surface area contributed by atoms with Crippen molar-refractivity contribution >= 4 is 0 Å². The van der Waals surface area contributed by atoms with Crippen LogP contribution in [0.3, 0.4) is 0 Å². The van der Waals surface area contributed by atoms with E-state index < -0.39 is 0 Å². The SMILES string of the molecule is CCC(C)CN(CC)CC1(CNC2CC2)CCC(C)CC1. The average Bonchev–Trinajstić information content (AvgIpc) is 3.31. The zero-order chi connectivity index (χ0) is 15.3. The molecule has 2 saturated carbocycles. The molecule has 1 unspecified atom stereocenters. The van der Waals surface area contributed by atoms with Crippen LogP contribution < -0.4 is 5.32 Å². The number of nitrogens with one attached hydrogen (secondary N) is 1. The summed E-state index contributed by atoms with van der Waals surface area (Å²) in [5.41, 5.74) is 0.554. The topological polar surface area (TPSA) is 15.3 Å². The molecule has 0 amide bonds. The number of hydrogen-bond donors (Lipinski definition) is 1. The molecule has 1 atom stereocenters. The van der Waals surface area contributed by atoms with Crippen molar-refractivity contribution in [3.63, 3.8) is 0 Å². The van der Waals surface area contributed by atoms with Crippen LogP contribution in [0.1, 0.15) is 72.6 Å². The van der Waals surface area contributed by atoms with E-state index in [0.29, 0.717) is 5.41 Å². The van der Waals surface area contributed by atoms with Gasteiger partial charge < -0.3 is 10.2 Å². The van der Waals surface area contributed by atoms with Crippen LogP contribution in [-0.2, 0) is 0 Å². The summed E-state index contributed by atoms with van der Waals surface area (Å²) in [6.45, 7) is 14.6. The molecule has 0 spiro atoms. The van der Waals surface area contributed by atoms with Crippen LogP contribution in [0.2, 0.25) is 0 Å². The molecule has 2 aliphatic carbocycles. The van der Waals surface area contributed by atoms with Gasteiger partial charge in [0.1, 0.15) is 0 Å². The molecule has 2 nitrogen and oxygen atoms in total. The quantitative estimate of drug-likeness (QED) is 0.682. The van der Waals surface area contributed by atoms with Crippen LogP contribution in [0.25, 0.3) is 0 Å². The molecule has 0 saturated heterocycles. The monoisotopic (exact) mass is 294 g/mol. The molecule has 1 N–H and O–H groups in total. The summed E-state index contributed by atoms with van der Waals surface area (Å²) in [4.78, 5) is 2.73. The fourth-order valence-electron chi connectivity index (χ4n) is 3.76. The molecule has 0 aromatic rings. The number of nitrogens with zero attached hydrogens (tertiary/aromatic N) is 1. The van der Waals surface area contributed by atoms with Gasteiger partial charge in [0.2, 0.25) is 0 Å². The Balaban J connectivity index is 1.92. The Morgan fingerprint density at radius 3 is 2.33 bits per heavy atom. The van der Waals surface area contributed by atoms with E-state index in [1.54, 1.807) is 0 Å². The second-order valence-electron chi connectivity index (χ2n) is 8.18. The van der Waals surface area contributed by atoms with Crippen molar-refractivity contribution in [2.45, 2.75) is 78.7 Å². The fourth-order valence-corrected chi connectivity index (χ4v) is 3.76. The highest BCUT2D eigenvalue weighted by atomic mass is 15.1. The van der Waals surface area contributed by atoms with E-state index >= 15 is 0 Å². The minimum Gasteiger partial charge on any atom is -0.313 e. The number of rotatable bonds is 9. The summed E-state index contributed by atoms with van der Waals surface area (Å²) in [6, 6.07) is 0.853. The zero-order valence-electron chi connectivity index (χ0n) is 15.0. The lowest BCUT2D eigenvalue weighted by molar-refractivity contribution is 0.0810. The highest BCUT2D eigenvalue weighted by molar-refractivity contribution is 4.92. The Kier molecular flexibility index (Phi) is 6.55. The predicted molar refractivity (Wildman–Crippen MR) is 92.7 cm³/mol. The van der Waals surface area contributed by atoms with Gasteiger partial charge in [-0.15, -0.1) is 0 Å². The first-order chi connectivity index (χ1) is 10.1. The smallest absolute Gasteiger partial charge is 0.00684 e. The molecule has 0 heterocycles. The lowest BCUT2D eigenvalue weighted by Gasteiger charge is -2.43. The van der Waals surface area contributed by atoms with Crippen LogP contribution in [0.4, 0.5) is 0 Å². The molecule has 2 heteroatoms. The minimum atomic E-state index is 0.554. The summed E-state index contributed by atoms with van der Waals surface area (Å²) in [5, 5.41) is 3.85. The van der Waals surface area contributed by atoms with Crippen molar-refractivity contribution in [3.05, 3.63) is 0 Å². The summed E-state index contributed by atoms with van der Waals surface area (Å²) >= 11 is 0. The molecule has 0 aromatic carbocycles. The molecule has 2 fully saturated rings. The Bertz CT molecular complexity index is 290. The Labute approximate surface area is 133 Å². The Morgan fingerprint density at radius 2 is 1.81 bits per heavy atom. The van der Waals surface area contributed by atoms with Gasteiger partial charge in [0.25, 0.3) is 0 Å². The first-order valence-electron chi connectivity index (χ1n) is 9.52. The van der Waals surface area contributed by atoms with Gasteiger partial charge in [-0.2, -0.15) is 0 Å². The largest absolute Gasteiger partial charge is 0.313 e. The van der Waals surface area contributed by atoms with Crippen molar-refractivity contribution in [2.75, 3.05) is 26.2 Å². The zero-order valence-corrected chi connectivity index (χ0v) is 15.0. The third kappa shape index (κ3) is 5.56. The highest BCUT2D eigenvalue weighted by Crippen LogP contribution is 2.40. The highest BCUT2D eigenvalue weighted by Gasteiger charge is 2.37. The maximum absolute atomic E-state index is 3.85. The van der Waals surface area contributed by atoms with Gasteiger partial charge in [-0.1, -0.05) is 47.0 Å². The van der Waals surface area contributed by atoms with E-state index in [-0.39, 0.29) is 0 Å². The Morgan fingerprint density at radius 1 is 1.14 bits per heavy atom. The Hall–Kier alpha value is -0.0800. The molecule has 0 aliphatic heterocycles. The van der Waals surface area contributed by atoms with Crippen molar-refractivity contribution < 1.29 is 0 Å². The second kappa shape index (κ2) is 7.97. The molecule has 0 bridgehead atoms. The molecule has 2 rings (SSSR count). The third-order valence-corrected chi connectivity index (χ3v) is 5.95. The van der Waals surface area contributed by atoms with Crippen LogP contribution >= 0.6 is 0 Å². The van der Waals surface area contributed by atoms with Crippen molar-refractivity contribution in [2.24, 2.45) is 17.3 Å². The van der Waals surface area contributed by atoms with Crippen LogP contribution in [0.15, 0.2) is 0 Å². The summed E-state index contributed by atoms with van der Waals surface area (Å²) in [7, 11) is 0. The van der Waals surface area contributed by atoms with Gasteiger partial charge in [-0.05, 0) is 49.5 Å². The molecular weight excluding hydrogens is 256 g/mol. The molecule has 0 aromatic heterocycles. The molecule has 21 heavy (non-hydrogen) atoms. The van der Waals surface area contributed by atoms with Gasteiger partial charge in [0.15, 0.2) is 0 Å². The van der Waals surface area contributed by atoms with Crippen molar-refractivity contribution in [1.29, 1.82) is 0 Å². The van der Waals surface area contributed by atoms with E-state index in [4.69, 9.17) is 0 Å². The lowest BCUT2D eigenvalue weighted by atomic mass is 9.70. The maximum atomic E-state index is 3.85. The van der Waals surface area contributed by atoms with Gasteiger partial charge in [-0.25, -0.2) is 0 Å². The van der Waals surface area contributed by atoms with Crippen molar-refractivity contribution in [1.82, 2.24) is 10.2 Å². The average molecular weight is 295 g/mol. The van der Waals surface area contributed by atoms with Gasteiger partial charge in [-0.3, -0.25) is 0 Å². The summed E-state index contributed by atoms with van der Waals surface area (Å²) in [6.07, 6.45) is 9.88. The number of hydrogen-bond acceptors (Lipinski definition) is 2. The van der Waals surface area contributed by atoms with E-state index in [9.17, 15) is 0 Å². The van der Waals surface area contributed by atoms with Gasteiger partial charge in [0.05, 0.1) is 0 Å². The van der Waals surface area contributed by atoms with E-state index in [2.05, 4.69) is 37.9 Å². The first kappa shape index (κ1) is 17.3. The van der Waals surface area contributed by atoms with E-state index in [1.165, 1.54) is 71.1 Å². The second-order valence-corrected chi connectivity index (χ2v) is 8.18. The molecule has 2 aliphatic rings. The van der Waals surface area contributed by atoms with Crippen molar-refractivity contribution in [3.8, 4) is 0 Å². The normalized spacial score (nSPS) is 31.6. The van der Waals surface area contributed by atoms with E-state index in [1.807, 2.05) is 0 Å². The summed E-state index contributed by atoms with van der Waals surface area (Å²) < 4.78 is 0. The van der Waals surface area contributed by atoms with Crippen LogP contribution in [0, 0.1) is 17.3 Å². The van der Waals surface area contributed by atoms with Crippen LogP contribution in [-0.4, -0.2) is 37.1 Å². The third-order valence-electron chi connectivity index (χ3n) is 5.95. The lowest BCUT2D eigenvalue weighted by Crippen LogP contribution is -2.47.